The van der Waals surface area contributed by atoms with Gasteiger partial charge in [0.25, 0.3) is 0 Å². The van der Waals surface area contributed by atoms with Crippen LogP contribution in [-0.2, 0) is 38.0 Å². The molecule has 4 unspecified atom stereocenters. The van der Waals surface area contributed by atoms with Crippen molar-refractivity contribution in [2.75, 3.05) is 26.4 Å². The highest BCUT2D eigenvalue weighted by Gasteiger charge is 2.47. The van der Waals surface area contributed by atoms with Crippen molar-refractivity contribution in [3.8, 4) is 0 Å². The normalized spacial score (nSPS) is 24.9. The Hall–Kier alpha value is -1.50. The Labute approximate surface area is 436 Å². The van der Waals surface area contributed by atoms with E-state index in [9.17, 15) is 45.3 Å². The van der Waals surface area contributed by atoms with Crippen molar-refractivity contribution in [1.29, 1.82) is 0 Å². The highest BCUT2D eigenvalue weighted by atomic mass is 16.7. The van der Waals surface area contributed by atoms with E-state index >= 15 is 0 Å². The van der Waals surface area contributed by atoms with E-state index < -0.39 is 92.7 Å². The van der Waals surface area contributed by atoms with Gasteiger partial charge in [0.15, 0.2) is 18.7 Å². The van der Waals surface area contributed by atoms with E-state index in [4.69, 9.17) is 28.4 Å². The first kappa shape index (κ1) is 66.6. The van der Waals surface area contributed by atoms with Crippen molar-refractivity contribution >= 4 is 11.9 Å². The van der Waals surface area contributed by atoms with Gasteiger partial charge in [0.05, 0.1) is 19.8 Å². The van der Waals surface area contributed by atoms with Crippen LogP contribution in [0.1, 0.15) is 258 Å². The lowest BCUT2D eigenvalue weighted by Crippen LogP contribution is -2.61. The minimum atomic E-state index is -1.76. The number of carbonyl (C=O) groups excluding carboxylic acids is 2. The van der Waals surface area contributed by atoms with Crippen LogP contribution < -0.4 is 0 Å². The van der Waals surface area contributed by atoms with Gasteiger partial charge in [-0.25, -0.2) is 0 Å². The molecule has 2 heterocycles. The molecule has 15 heteroatoms. The number of unbranched alkanes of at least 4 members (excludes halogenated alkanes) is 34. The fraction of sp³-hybridized carbons (Fsp3) is 0.965. The number of carbonyl (C=O) groups is 2. The second-order valence-corrected chi connectivity index (χ2v) is 21.2. The third-order valence-electron chi connectivity index (χ3n) is 14.6. The number of esters is 2. The summed E-state index contributed by atoms with van der Waals surface area (Å²) in [4.78, 5) is 25.9. The van der Waals surface area contributed by atoms with Crippen molar-refractivity contribution in [1.82, 2.24) is 0 Å². The Kier molecular flexibility index (Phi) is 41.3. The van der Waals surface area contributed by atoms with Crippen LogP contribution in [0.5, 0.6) is 0 Å². The van der Waals surface area contributed by atoms with Crippen LogP contribution in [0.4, 0.5) is 0 Å². The zero-order valence-electron chi connectivity index (χ0n) is 45.4. The van der Waals surface area contributed by atoms with Gasteiger partial charge < -0.3 is 64.2 Å². The molecular weight excluding hydrogens is 925 g/mol. The predicted molar refractivity (Wildman–Crippen MR) is 280 cm³/mol. The van der Waals surface area contributed by atoms with E-state index in [0.717, 1.165) is 38.5 Å². The van der Waals surface area contributed by atoms with Gasteiger partial charge in [-0.3, -0.25) is 9.59 Å². The van der Waals surface area contributed by atoms with Crippen LogP contribution in [0, 0.1) is 0 Å². The molecule has 0 saturated carbocycles. The van der Waals surface area contributed by atoms with Crippen molar-refractivity contribution in [3.05, 3.63) is 0 Å². The second kappa shape index (κ2) is 44.6. The first-order valence-corrected chi connectivity index (χ1v) is 29.6. The summed E-state index contributed by atoms with van der Waals surface area (Å²) in [6, 6.07) is 0. The van der Waals surface area contributed by atoms with E-state index in [1.807, 2.05) is 0 Å². The molecule has 72 heavy (non-hydrogen) atoms. The van der Waals surface area contributed by atoms with Gasteiger partial charge in [-0.2, -0.15) is 0 Å². The van der Waals surface area contributed by atoms with Crippen LogP contribution >= 0.6 is 0 Å². The molecule has 0 bridgehead atoms. The molecule has 0 aromatic rings. The largest absolute Gasteiger partial charge is 0.462 e. The average molecular weight is 1030 g/mol. The number of hydrogen-bond acceptors (Lipinski definition) is 15. The van der Waals surface area contributed by atoms with E-state index in [-0.39, 0.29) is 26.1 Å². The van der Waals surface area contributed by atoms with Gasteiger partial charge in [0.1, 0.15) is 55.4 Å². The predicted octanol–water partition coefficient (Wildman–Crippen LogP) is 9.95. The van der Waals surface area contributed by atoms with Gasteiger partial charge in [-0.05, 0) is 12.8 Å². The third-order valence-corrected chi connectivity index (χ3v) is 14.6. The van der Waals surface area contributed by atoms with Crippen molar-refractivity contribution in [3.63, 3.8) is 0 Å². The summed E-state index contributed by atoms with van der Waals surface area (Å²) in [5.41, 5.74) is 0. The number of aliphatic hydroxyl groups excluding tert-OH is 7. The molecule has 2 fully saturated rings. The Morgan fingerprint density at radius 3 is 1.08 bits per heavy atom. The summed E-state index contributed by atoms with van der Waals surface area (Å²) in [6.07, 6.45) is 28.4. The summed E-state index contributed by atoms with van der Waals surface area (Å²) < 4.78 is 33.7. The maximum atomic E-state index is 13.0. The zero-order valence-corrected chi connectivity index (χ0v) is 45.4. The quantitative estimate of drug-likeness (QED) is 0.0222. The Morgan fingerprint density at radius 1 is 0.389 bits per heavy atom. The zero-order chi connectivity index (χ0) is 52.4. The Morgan fingerprint density at radius 2 is 0.708 bits per heavy atom. The van der Waals surface area contributed by atoms with Gasteiger partial charge >= 0.3 is 11.9 Å². The SMILES string of the molecule is CCCCCCCCCCCCCCCCCCCCCCCCC(=O)OC[C@@H](CO[C@@H]1O[C@H](CO[C@@H]2O[C@H](CO)[C@H](O)C(O)C2O)[C@H](O)C(O)C1O)OC(=O)CCCCCCCCCCCCCCCC. The van der Waals surface area contributed by atoms with E-state index in [0.29, 0.717) is 12.8 Å². The molecular formula is C57H108O15. The van der Waals surface area contributed by atoms with Crippen LogP contribution in [0.2, 0.25) is 0 Å². The molecule has 7 N–H and O–H groups in total. The van der Waals surface area contributed by atoms with Crippen LogP contribution in [0.15, 0.2) is 0 Å². The van der Waals surface area contributed by atoms with Gasteiger partial charge in [-0.1, -0.05) is 232 Å². The molecule has 2 aliphatic rings. The molecule has 0 spiro atoms. The number of ether oxygens (including phenoxy) is 6. The highest BCUT2D eigenvalue weighted by Crippen LogP contribution is 2.27. The molecule has 15 nitrogen and oxygen atoms in total. The minimum Gasteiger partial charge on any atom is -0.462 e. The van der Waals surface area contributed by atoms with Crippen molar-refractivity contribution < 1.29 is 73.8 Å². The van der Waals surface area contributed by atoms with E-state index in [2.05, 4.69) is 13.8 Å². The van der Waals surface area contributed by atoms with E-state index in [1.54, 1.807) is 0 Å². The molecule has 0 radical (unpaired) electrons. The summed E-state index contributed by atoms with van der Waals surface area (Å²) in [5.74, 6) is -0.904. The fourth-order valence-electron chi connectivity index (χ4n) is 9.75. The van der Waals surface area contributed by atoms with Gasteiger partial charge in [-0.15, -0.1) is 0 Å². The minimum absolute atomic E-state index is 0.173. The maximum absolute atomic E-state index is 13.0. The monoisotopic (exact) mass is 1030 g/mol. The fourth-order valence-corrected chi connectivity index (χ4v) is 9.75. The summed E-state index contributed by atoms with van der Waals surface area (Å²) in [7, 11) is 0. The number of hydrogen-bond donors (Lipinski definition) is 7. The summed E-state index contributed by atoms with van der Waals surface area (Å²) >= 11 is 0. The number of aliphatic hydroxyl groups is 7. The summed E-state index contributed by atoms with van der Waals surface area (Å²) in [6.45, 7) is 2.65. The lowest BCUT2D eigenvalue weighted by molar-refractivity contribution is -0.332. The Balaban J connectivity index is 1.71. The topological polar surface area (TPSA) is 231 Å². The second-order valence-electron chi connectivity index (χ2n) is 21.2. The molecule has 0 aliphatic carbocycles. The van der Waals surface area contributed by atoms with Crippen LogP contribution in [-0.4, -0.2) is 142 Å². The van der Waals surface area contributed by atoms with Crippen LogP contribution in [0.3, 0.4) is 0 Å². The van der Waals surface area contributed by atoms with Gasteiger partial charge in [0.2, 0.25) is 0 Å². The molecule has 0 aromatic carbocycles. The Bertz CT molecular complexity index is 1260. The first-order valence-electron chi connectivity index (χ1n) is 29.6. The number of rotatable bonds is 48. The molecule has 426 valence electrons. The molecule has 0 aromatic heterocycles. The molecule has 2 aliphatic heterocycles. The molecule has 0 amide bonds. The standard InChI is InChI=1S/C57H108O15/c1-3-5-7-9-11-13-15-17-19-20-21-22-23-24-25-26-28-29-31-33-35-37-39-48(59)67-42-45(70-49(60)40-38-36-34-32-30-27-18-16-14-12-10-8-6-4-2)43-68-56-55(66)53(64)51(62)47(72-56)44-69-57-54(65)52(63)50(61)46(41-58)71-57/h45-47,50-58,61-66H,3-44H2,1-2H3/t45-,46+,47+,50-,51-,52?,53?,54?,55?,56+,57+/m0/s1. The third kappa shape index (κ3) is 31.5. The highest BCUT2D eigenvalue weighted by molar-refractivity contribution is 5.70. The first-order chi connectivity index (χ1) is 35.0. The van der Waals surface area contributed by atoms with Gasteiger partial charge in [0, 0.05) is 12.8 Å². The lowest BCUT2D eigenvalue weighted by Gasteiger charge is -2.42. The molecule has 2 rings (SSSR count). The smallest absolute Gasteiger partial charge is 0.306 e. The van der Waals surface area contributed by atoms with Crippen LogP contribution in [0.25, 0.3) is 0 Å². The lowest BCUT2D eigenvalue weighted by atomic mass is 9.98. The maximum Gasteiger partial charge on any atom is 0.306 e. The average Bonchev–Trinajstić information content (AvgIpc) is 3.37. The molecule has 11 atom stereocenters. The van der Waals surface area contributed by atoms with Crippen molar-refractivity contribution in [2.45, 2.75) is 325 Å². The summed E-state index contributed by atoms with van der Waals surface area (Å²) in [5, 5.41) is 72.2. The van der Waals surface area contributed by atoms with Crippen molar-refractivity contribution in [2.24, 2.45) is 0 Å². The molecule has 2 saturated heterocycles. The van der Waals surface area contributed by atoms with E-state index in [1.165, 1.54) is 180 Å².